The van der Waals surface area contributed by atoms with Gasteiger partial charge in [-0.05, 0) is 56.7 Å². The third-order valence-corrected chi connectivity index (χ3v) is 7.85. The lowest BCUT2D eigenvalue weighted by atomic mass is 10.1. The Balaban J connectivity index is 1.39. The van der Waals surface area contributed by atoms with Crippen molar-refractivity contribution >= 4 is 34.5 Å². The molecule has 3 fully saturated rings. The van der Waals surface area contributed by atoms with Gasteiger partial charge < -0.3 is 19.7 Å². The van der Waals surface area contributed by atoms with Crippen molar-refractivity contribution in [2.24, 2.45) is 0 Å². The largest absolute Gasteiger partial charge is 0.376 e. The summed E-state index contributed by atoms with van der Waals surface area (Å²) in [6, 6.07) is 4.99. The van der Waals surface area contributed by atoms with Crippen molar-refractivity contribution in [2.45, 2.75) is 62.4 Å². The van der Waals surface area contributed by atoms with E-state index in [4.69, 9.17) is 14.5 Å². The third kappa shape index (κ3) is 5.70. The Bertz CT molecular complexity index is 1130. The van der Waals surface area contributed by atoms with Gasteiger partial charge in [-0.25, -0.2) is 4.98 Å². The molecular formula is C25H32N4O5S. The van der Waals surface area contributed by atoms with Crippen molar-refractivity contribution in [3.8, 4) is 0 Å². The molecule has 1 aromatic carbocycles. The van der Waals surface area contributed by atoms with Crippen LogP contribution in [0.4, 0.5) is 0 Å². The Morgan fingerprint density at radius 2 is 1.80 bits per heavy atom. The number of amides is 2. The molecule has 3 aliphatic rings. The minimum atomic E-state index is -0.217. The molecule has 188 valence electrons. The molecule has 0 aliphatic carbocycles. The highest BCUT2D eigenvalue weighted by Gasteiger charge is 2.23. The minimum Gasteiger partial charge on any atom is -0.376 e. The van der Waals surface area contributed by atoms with Crippen molar-refractivity contribution in [1.29, 1.82) is 0 Å². The number of benzene rings is 1. The maximum absolute atomic E-state index is 13.5. The van der Waals surface area contributed by atoms with Gasteiger partial charge in [-0.2, -0.15) is 0 Å². The van der Waals surface area contributed by atoms with E-state index < -0.39 is 0 Å². The molecule has 2 aromatic rings. The quantitative estimate of drug-likeness (QED) is 0.438. The van der Waals surface area contributed by atoms with Crippen LogP contribution in [0.2, 0.25) is 0 Å². The second kappa shape index (κ2) is 11.1. The average molecular weight is 501 g/mol. The molecule has 2 atom stereocenters. The predicted molar refractivity (Wildman–Crippen MR) is 133 cm³/mol. The second-order valence-corrected chi connectivity index (χ2v) is 10.3. The van der Waals surface area contributed by atoms with Gasteiger partial charge in [0.15, 0.2) is 5.16 Å². The maximum Gasteiger partial charge on any atom is 0.262 e. The van der Waals surface area contributed by atoms with Crippen LogP contribution >= 0.6 is 11.8 Å². The van der Waals surface area contributed by atoms with Crippen molar-refractivity contribution in [2.75, 3.05) is 38.6 Å². The molecule has 1 aromatic heterocycles. The summed E-state index contributed by atoms with van der Waals surface area (Å²) < 4.78 is 13.0. The van der Waals surface area contributed by atoms with E-state index >= 15 is 0 Å². The first-order valence-corrected chi connectivity index (χ1v) is 13.5. The van der Waals surface area contributed by atoms with Crippen LogP contribution in [0.25, 0.3) is 10.9 Å². The maximum atomic E-state index is 13.5. The van der Waals surface area contributed by atoms with Gasteiger partial charge in [-0.3, -0.25) is 19.0 Å². The molecule has 9 nitrogen and oxygen atoms in total. The van der Waals surface area contributed by atoms with Crippen molar-refractivity contribution in [1.82, 2.24) is 19.8 Å². The molecule has 0 spiro atoms. The standard InChI is InChI=1S/C25H32N4O5S/c30-22(28-9-1-2-10-28)16-35-25-27-21-13-17(23(31)26-14-18-5-3-11-33-18)7-8-20(21)24(32)29(25)15-19-6-4-12-34-19/h7-8,13,18-19H,1-6,9-12,14-16H2,(H,26,31)/t18-,19+/m0/s1. The molecule has 2 amide bonds. The summed E-state index contributed by atoms with van der Waals surface area (Å²) in [5.41, 5.74) is 0.732. The number of thioether (sulfide) groups is 1. The molecular weight excluding hydrogens is 468 g/mol. The lowest BCUT2D eigenvalue weighted by molar-refractivity contribution is -0.127. The van der Waals surface area contributed by atoms with Crippen molar-refractivity contribution < 1.29 is 19.1 Å². The predicted octanol–water partition coefficient (Wildman–Crippen LogP) is 2.20. The molecule has 0 radical (unpaired) electrons. The fourth-order valence-corrected chi connectivity index (χ4v) is 5.81. The summed E-state index contributed by atoms with van der Waals surface area (Å²) in [5.74, 6) is 0.0734. The number of rotatable bonds is 8. The van der Waals surface area contributed by atoms with Gasteiger partial charge in [0.25, 0.3) is 11.5 Å². The zero-order valence-corrected chi connectivity index (χ0v) is 20.7. The number of fused-ring (bicyclic) bond motifs is 1. The fourth-order valence-electron chi connectivity index (χ4n) is 4.90. The molecule has 3 saturated heterocycles. The summed E-state index contributed by atoms with van der Waals surface area (Å²) in [4.78, 5) is 45.5. The topological polar surface area (TPSA) is 103 Å². The number of carbonyl (C=O) groups is 2. The van der Waals surface area contributed by atoms with E-state index in [0.717, 1.165) is 58.2 Å². The summed E-state index contributed by atoms with van der Waals surface area (Å²) in [6.45, 7) is 3.88. The first-order valence-electron chi connectivity index (χ1n) is 12.5. The normalized spacial score (nSPS) is 22.2. The lowest BCUT2D eigenvalue weighted by Gasteiger charge is -2.18. The first-order chi connectivity index (χ1) is 17.1. The van der Waals surface area contributed by atoms with Crippen molar-refractivity contribution in [3.63, 3.8) is 0 Å². The second-order valence-electron chi connectivity index (χ2n) is 9.40. The molecule has 1 N–H and O–H groups in total. The molecule has 3 aliphatic heterocycles. The molecule has 4 heterocycles. The van der Waals surface area contributed by atoms with E-state index in [-0.39, 0.29) is 35.3 Å². The average Bonchev–Trinajstić information content (AvgIpc) is 3.66. The zero-order valence-electron chi connectivity index (χ0n) is 19.9. The number of likely N-dealkylation sites (tertiary alicyclic amines) is 1. The summed E-state index contributed by atoms with van der Waals surface area (Å²) in [6.07, 6.45) is 5.91. The summed E-state index contributed by atoms with van der Waals surface area (Å²) in [7, 11) is 0. The monoisotopic (exact) mass is 500 g/mol. The van der Waals surface area contributed by atoms with Gasteiger partial charge >= 0.3 is 0 Å². The molecule has 10 heteroatoms. The van der Waals surface area contributed by atoms with Gasteiger partial charge in [-0.15, -0.1) is 0 Å². The smallest absolute Gasteiger partial charge is 0.262 e. The third-order valence-electron chi connectivity index (χ3n) is 6.89. The van der Waals surface area contributed by atoms with Gasteiger partial charge in [0.2, 0.25) is 5.91 Å². The Labute approximate surface area is 208 Å². The Hall–Kier alpha value is -2.43. The van der Waals surface area contributed by atoms with Crippen LogP contribution in [0.1, 0.15) is 48.9 Å². The highest BCUT2D eigenvalue weighted by Crippen LogP contribution is 2.23. The Kier molecular flexibility index (Phi) is 7.69. The first kappa shape index (κ1) is 24.3. The summed E-state index contributed by atoms with van der Waals surface area (Å²) >= 11 is 1.28. The molecule has 0 unspecified atom stereocenters. The number of ether oxygens (including phenoxy) is 2. The van der Waals surface area contributed by atoms with Crippen LogP contribution in [0.3, 0.4) is 0 Å². The van der Waals surface area contributed by atoms with Crippen LogP contribution in [-0.4, -0.2) is 77.1 Å². The van der Waals surface area contributed by atoms with E-state index in [0.29, 0.717) is 41.3 Å². The minimum absolute atomic E-state index is 0.0385. The van der Waals surface area contributed by atoms with Crippen LogP contribution in [0.15, 0.2) is 28.2 Å². The number of carbonyl (C=O) groups excluding carboxylic acids is 2. The van der Waals surface area contributed by atoms with E-state index in [1.807, 2.05) is 4.90 Å². The number of nitrogens with one attached hydrogen (secondary N) is 1. The SMILES string of the molecule is O=C(NC[C@@H]1CCCO1)c1ccc2c(=O)n(C[C@H]3CCCO3)c(SCC(=O)N3CCCC3)nc2c1. The van der Waals surface area contributed by atoms with Gasteiger partial charge in [0.05, 0.1) is 35.4 Å². The fraction of sp³-hybridized carbons (Fsp3) is 0.600. The van der Waals surface area contributed by atoms with E-state index in [2.05, 4.69) is 5.32 Å². The number of aromatic nitrogens is 2. The van der Waals surface area contributed by atoms with E-state index in [1.165, 1.54) is 11.8 Å². The number of hydrogen-bond donors (Lipinski definition) is 1. The van der Waals surface area contributed by atoms with Gasteiger partial charge in [-0.1, -0.05) is 11.8 Å². The van der Waals surface area contributed by atoms with Gasteiger partial charge in [0, 0.05) is 38.4 Å². The molecule has 35 heavy (non-hydrogen) atoms. The molecule has 0 bridgehead atoms. The van der Waals surface area contributed by atoms with Gasteiger partial charge in [0.1, 0.15) is 0 Å². The van der Waals surface area contributed by atoms with Crippen LogP contribution in [0.5, 0.6) is 0 Å². The van der Waals surface area contributed by atoms with Crippen molar-refractivity contribution in [3.05, 3.63) is 34.1 Å². The molecule has 5 rings (SSSR count). The molecule has 0 saturated carbocycles. The Morgan fingerprint density at radius 3 is 2.51 bits per heavy atom. The number of nitrogens with zero attached hydrogens (tertiary/aromatic N) is 3. The Morgan fingerprint density at radius 1 is 1.06 bits per heavy atom. The highest BCUT2D eigenvalue weighted by molar-refractivity contribution is 7.99. The van der Waals surface area contributed by atoms with E-state index in [9.17, 15) is 14.4 Å². The lowest BCUT2D eigenvalue weighted by Crippen LogP contribution is -2.32. The van der Waals surface area contributed by atoms with Crippen LogP contribution < -0.4 is 10.9 Å². The summed E-state index contributed by atoms with van der Waals surface area (Å²) in [5, 5.41) is 3.86. The highest BCUT2D eigenvalue weighted by atomic mass is 32.2. The van der Waals surface area contributed by atoms with Crippen LogP contribution in [0, 0.1) is 0 Å². The zero-order chi connectivity index (χ0) is 24.2. The van der Waals surface area contributed by atoms with Crippen LogP contribution in [-0.2, 0) is 20.8 Å². The van der Waals surface area contributed by atoms with E-state index in [1.54, 1.807) is 22.8 Å². The number of hydrogen-bond acceptors (Lipinski definition) is 7.